The zero-order chi connectivity index (χ0) is 14.0. The fourth-order valence-corrected chi connectivity index (χ4v) is 3.78. The van der Waals surface area contributed by atoms with Gasteiger partial charge in [0.05, 0.1) is 22.5 Å². The van der Waals surface area contributed by atoms with E-state index in [0.717, 1.165) is 5.56 Å². The first-order chi connectivity index (χ1) is 8.87. The van der Waals surface area contributed by atoms with E-state index in [1.54, 1.807) is 12.1 Å². The van der Waals surface area contributed by atoms with Gasteiger partial charge in [0.1, 0.15) is 0 Å². The standard InChI is InChI=1S/C11H14N2O5S/c14-11-7-19(17,18)6-10(11)12-5-8-1-3-9(4-2-8)13(15)16/h1-4,10-12,14H,5-7H2. The van der Waals surface area contributed by atoms with Crippen molar-refractivity contribution in [2.24, 2.45) is 0 Å². The van der Waals surface area contributed by atoms with Gasteiger partial charge in [0.25, 0.3) is 5.69 Å². The van der Waals surface area contributed by atoms with Crippen LogP contribution in [-0.4, -0.2) is 42.1 Å². The Labute approximate surface area is 110 Å². The van der Waals surface area contributed by atoms with Crippen LogP contribution in [0.3, 0.4) is 0 Å². The van der Waals surface area contributed by atoms with E-state index in [1.807, 2.05) is 0 Å². The summed E-state index contributed by atoms with van der Waals surface area (Å²) in [7, 11) is -3.17. The van der Waals surface area contributed by atoms with Gasteiger partial charge in [0.2, 0.25) is 0 Å². The van der Waals surface area contributed by atoms with Crippen LogP contribution in [0.4, 0.5) is 5.69 Å². The molecule has 0 spiro atoms. The Bertz CT molecular complexity index is 569. The number of nitro groups is 1. The van der Waals surface area contributed by atoms with Crippen LogP contribution >= 0.6 is 0 Å². The first-order valence-electron chi connectivity index (χ1n) is 5.72. The number of aliphatic hydroxyl groups is 1. The Kier molecular flexibility index (Phi) is 3.83. The maximum absolute atomic E-state index is 11.3. The molecule has 19 heavy (non-hydrogen) atoms. The first kappa shape index (κ1) is 13.9. The molecule has 2 atom stereocenters. The highest BCUT2D eigenvalue weighted by Crippen LogP contribution is 2.15. The van der Waals surface area contributed by atoms with E-state index < -0.39 is 26.9 Å². The van der Waals surface area contributed by atoms with E-state index in [0.29, 0.717) is 6.54 Å². The summed E-state index contributed by atoms with van der Waals surface area (Å²) in [5.74, 6) is -0.300. The number of hydrogen-bond acceptors (Lipinski definition) is 6. The van der Waals surface area contributed by atoms with Crippen molar-refractivity contribution >= 4 is 15.5 Å². The van der Waals surface area contributed by atoms with E-state index in [-0.39, 0.29) is 17.2 Å². The van der Waals surface area contributed by atoms with Crippen LogP contribution in [0.15, 0.2) is 24.3 Å². The molecular formula is C11H14N2O5S. The van der Waals surface area contributed by atoms with Gasteiger partial charge in [-0.15, -0.1) is 0 Å². The monoisotopic (exact) mass is 286 g/mol. The molecule has 0 aliphatic carbocycles. The van der Waals surface area contributed by atoms with Crippen molar-refractivity contribution in [3.63, 3.8) is 0 Å². The normalized spacial score (nSPS) is 25.3. The maximum Gasteiger partial charge on any atom is 0.269 e. The Morgan fingerprint density at radius 2 is 1.95 bits per heavy atom. The molecule has 1 aromatic rings. The molecule has 2 rings (SSSR count). The minimum absolute atomic E-state index is 0.00669. The van der Waals surface area contributed by atoms with Crippen molar-refractivity contribution in [2.75, 3.05) is 11.5 Å². The minimum Gasteiger partial charge on any atom is -0.390 e. The lowest BCUT2D eigenvalue weighted by atomic mass is 10.1. The minimum atomic E-state index is -3.17. The molecule has 2 N–H and O–H groups in total. The van der Waals surface area contributed by atoms with E-state index in [4.69, 9.17) is 0 Å². The number of nitro benzene ring substituents is 1. The molecule has 0 radical (unpaired) electrons. The van der Waals surface area contributed by atoms with Crippen molar-refractivity contribution in [3.8, 4) is 0 Å². The Morgan fingerprint density at radius 3 is 2.42 bits per heavy atom. The number of non-ortho nitro benzene ring substituents is 1. The number of aliphatic hydroxyl groups excluding tert-OH is 1. The van der Waals surface area contributed by atoms with Gasteiger partial charge in [-0.1, -0.05) is 12.1 Å². The molecule has 0 saturated carbocycles. The lowest BCUT2D eigenvalue weighted by Gasteiger charge is -2.14. The van der Waals surface area contributed by atoms with E-state index in [2.05, 4.69) is 5.32 Å². The second-order valence-electron chi connectivity index (χ2n) is 4.56. The van der Waals surface area contributed by atoms with Gasteiger partial charge in [-0.2, -0.15) is 0 Å². The summed E-state index contributed by atoms with van der Waals surface area (Å²) in [5, 5.41) is 23.0. The topological polar surface area (TPSA) is 110 Å². The third-order valence-corrected chi connectivity index (χ3v) is 4.75. The number of rotatable bonds is 4. The summed E-state index contributed by atoms with van der Waals surface area (Å²) in [5.41, 5.74) is 0.800. The Balaban J connectivity index is 1.94. The lowest BCUT2D eigenvalue weighted by molar-refractivity contribution is -0.384. The predicted octanol–water partition coefficient (Wildman–Crippen LogP) is -0.158. The molecule has 2 unspecified atom stereocenters. The molecule has 7 nitrogen and oxygen atoms in total. The summed E-state index contributed by atoms with van der Waals surface area (Å²) < 4.78 is 22.6. The second kappa shape index (κ2) is 5.24. The van der Waals surface area contributed by atoms with E-state index >= 15 is 0 Å². The van der Waals surface area contributed by atoms with Gasteiger partial charge in [-0.3, -0.25) is 10.1 Å². The Morgan fingerprint density at radius 1 is 1.32 bits per heavy atom. The van der Waals surface area contributed by atoms with Crippen LogP contribution in [0.25, 0.3) is 0 Å². The highest BCUT2D eigenvalue weighted by molar-refractivity contribution is 7.91. The quantitative estimate of drug-likeness (QED) is 0.588. The molecule has 8 heteroatoms. The van der Waals surface area contributed by atoms with Crippen LogP contribution in [0, 0.1) is 10.1 Å². The zero-order valence-corrected chi connectivity index (χ0v) is 10.8. The van der Waals surface area contributed by atoms with Gasteiger partial charge in [-0.25, -0.2) is 8.42 Å². The number of nitrogens with zero attached hydrogens (tertiary/aromatic N) is 1. The van der Waals surface area contributed by atoms with Crippen molar-refractivity contribution in [1.29, 1.82) is 0 Å². The SMILES string of the molecule is O=[N+]([O-])c1ccc(CNC2CS(=O)(=O)CC2O)cc1. The number of nitrogens with one attached hydrogen (secondary N) is 1. The summed E-state index contributed by atoms with van der Waals surface area (Å²) in [4.78, 5) is 10.0. The highest BCUT2D eigenvalue weighted by atomic mass is 32.2. The summed E-state index contributed by atoms with van der Waals surface area (Å²) in [6.45, 7) is 0.356. The average Bonchev–Trinajstić information content (AvgIpc) is 2.60. The second-order valence-corrected chi connectivity index (χ2v) is 6.71. The van der Waals surface area contributed by atoms with Crippen LogP contribution < -0.4 is 5.32 Å². The Hall–Kier alpha value is -1.51. The van der Waals surface area contributed by atoms with E-state index in [1.165, 1.54) is 12.1 Å². The number of hydrogen-bond donors (Lipinski definition) is 2. The maximum atomic E-state index is 11.3. The summed E-state index contributed by atoms with van der Waals surface area (Å²) >= 11 is 0. The van der Waals surface area contributed by atoms with Gasteiger partial charge < -0.3 is 10.4 Å². The fourth-order valence-electron chi connectivity index (χ4n) is 2.01. The van der Waals surface area contributed by atoms with Crippen LogP contribution in [0.1, 0.15) is 5.56 Å². The molecule has 1 aliphatic rings. The molecule has 0 aromatic heterocycles. The van der Waals surface area contributed by atoms with Gasteiger partial charge in [0, 0.05) is 24.7 Å². The predicted molar refractivity (Wildman–Crippen MR) is 68.4 cm³/mol. The smallest absolute Gasteiger partial charge is 0.269 e. The molecule has 1 fully saturated rings. The molecule has 1 aliphatic heterocycles. The average molecular weight is 286 g/mol. The first-order valence-corrected chi connectivity index (χ1v) is 7.55. The molecular weight excluding hydrogens is 272 g/mol. The molecule has 104 valence electrons. The third-order valence-electron chi connectivity index (χ3n) is 3.04. The fraction of sp³-hybridized carbons (Fsp3) is 0.455. The summed E-state index contributed by atoms with van der Waals surface area (Å²) in [6.07, 6.45) is -0.900. The van der Waals surface area contributed by atoms with Crippen molar-refractivity contribution in [1.82, 2.24) is 5.32 Å². The highest BCUT2D eigenvalue weighted by Gasteiger charge is 2.35. The van der Waals surface area contributed by atoms with Crippen molar-refractivity contribution < 1.29 is 18.4 Å². The molecule has 0 amide bonds. The number of benzene rings is 1. The van der Waals surface area contributed by atoms with Crippen molar-refractivity contribution in [2.45, 2.75) is 18.7 Å². The number of sulfone groups is 1. The van der Waals surface area contributed by atoms with Crippen LogP contribution in [0.2, 0.25) is 0 Å². The molecule has 1 heterocycles. The molecule has 1 aromatic carbocycles. The molecule has 1 saturated heterocycles. The van der Waals surface area contributed by atoms with Crippen LogP contribution in [-0.2, 0) is 16.4 Å². The largest absolute Gasteiger partial charge is 0.390 e. The van der Waals surface area contributed by atoms with Crippen LogP contribution in [0.5, 0.6) is 0 Å². The van der Waals surface area contributed by atoms with Gasteiger partial charge in [-0.05, 0) is 5.56 Å². The van der Waals surface area contributed by atoms with E-state index in [9.17, 15) is 23.6 Å². The van der Waals surface area contributed by atoms with Gasteiger partial charge in [0.15, 0.2) is 9.84 Å². The zero-order valence-electron chi connectivity index (χ0n) is 10.0. The summed E-state index contributed by atoms with van der Waals surface area (Å²) in [6, 6.07) is 5.49. The third kappa shape index (κ3) is 3.49. The molecule has 0 bridgehead atoms. The van der Waals surface area contributed by atoms with Crippen molar-refractivity contribution in [3.05, 3.63) is 39.9 Å². The van der Waals surface area contributed by atoms with Gasteiger partial charge >= 0.3 is 0 Å². The lowest BCUT2D eigenvalue weighted by Crippen LogP contribution is -2.38.